The van der Waals surface area contributed by atoms with E-state index in [2.05, 4.69) is 132 Å². The normalized spacial score (nSPS) is 11.8. The molecule has 5 heteroatoms. The van der Waals surface area contributed by atoms with E-state index in [0.29, 0.717) is 5.92 Å². The van der Waals surface area contributed by atoms with Crippen LogP contribution in [0, 0.1) is 18.1 Å². The predicted octanol–water partition coefficient (Wildman–Crippen LogP) is 10.8. The van der Waals surface area contributed by atoms with Crippen LogP contribution in [-0.4, -0.2) is 36.5 Å². The van der Waals surface area contributed by atoms with E-state index < -0.39 is 26.5 Å². The van der Waals surface area contributed by atoms with Crippen LogP contribution < -0.4 is 8.79 Å². The van der Waals surface area contributed by atoms with Gasteiger partial charge < -0.3 is 4.98 Å². The van der Waals surface area contributed by atoms with Crippen LogP contribution >= 0.6 is 0 Å². The molecular weight excluding hydrogens is 894 g/mol. The van der Waals surface area contributed by atoms with Gasteiger partial charge in [0.05, 0.1) is 0 Å². The van der Waals surface area contributed by atoms with E-state index >= 15 is 0 Å². The van der Waals surface area contributed by atoms with Crippen LogP contribution in [0.4, 0.5) is 0 Å². The molecule has 0 spiro atoms. The summed E-state index contributed by atoms with van der Waals surface area (Å²) in [6.07, 6.45) is 5.08. The molecule has 0 fully saturated rings. The monoisotopic (exact) mass is 943 g/mol. The zero-order valence-electron chi connectivity index (χ0n) is 30.0. The van der Waals surface area contributed by atoms with Crippen molar-refractivity contribution in [3.8, 4) is 22.5 Å². The quantitative estimate of drug-likeness (QED) is 0.0943. The smallest absolute Gasteiger partial charge is 0.0160 e. The van der Waals surface area contributed by atoms with Gasteiger partial charge in [0.2, 0.25) is 0 Å². The van der Waals surface area contributed by atoms with Crippen LogP contribution in [0.5, 0.6) is 0 Å². The molecule has 0 saturated carbocycles. The maximum Gasteiger partial charge on any atom is 0.0160 e. The van der Waals surface area contributed by atoms with Crippen molar-refractivity contribution in [1.29, 1.82) is 0 Å². The van der Waals surface area contributed by atoms with Gasteiger partial charge in [0.1, 0.15) is 0 Å². The number of fused-ring (bicyclic) bond motifs is 6. The van der Waals surface area contributed by atoms with Crippen LogP contribution in [0.15, 0.2) is 116 Å². The Labute approximate surface area is 311 Å². The van der Waals surface area contributed by atoms with Gasteiger partial charge in [0.15, 0.2) is 0 Å². The molecule has 251 valence electrons. The van der Waals surface area contributed by atoms with Gasteiger partial charge in [-0.05, 0) is 11.8 Å². The van der Waals surface area contributed by atoms with Crippen LogP contribution in [0.25, 0.3) is 54.8 Å². The van der Waals surface area contributed by atoms with E-state index in [1.54, 1.807) is 10.6 Å². The molecule has 2 aromatic heterocycles. The maximum atomic E-state index is 4.99. The average molecular weight is 940 g/mol. The van der Waals surface area contributed by atoms with Crippen molar-refractivity contribution in [3.63, 3.8) is 0 Å². The summed E-state index contributed by atoms with van der Waals surface area (Å²) >= 11 is -3.94. The number of nitrogens with zero attached hydrogens (tertiary/aromatic N) is 2. The van der Waals surface area contributed by atoms with E-state index in [1.807, 2.05) is 42.5 Å². The summed E-state index contributed by atoms with van der Waals surface area (Å²) in [5.41, 5.74) is 5.63. The number of hydrogen-bond donors (Lipinski definition) is 0. The number of pyridine rings is 2. The molecular formula is C44H46Ge2IrN2-2. The molecule has 5 aromatic carbocycles. The first-order valence-corrected chi connectivity index (χ1v) is 31.8. The summed E-state index contributed by atoms with van der Waals surface area (Å²) in [6.45, 7) is 4.63. The first-order valence-electron chi connectivity index (χ1n) is 17.1. The van der Waals surface area contributed by atoms with Gasteiger partial charge in [-0.25, -0.2) is 0 Å². The van der Waals surface area contributed by atoms with Crippen LogP contribution in [-0.2, 0) is 26.5 Å². The van der Waals surface area contributed by atoms with Gasteiger partial charge in [0.25, 0.3) is 0 Å². The molecule has 0 amide bonds. The van der Waals surface area contributed by atoms with Crippen molar-refractivity contribution in [2.75, 3.05) is 0 Å². The van der Waals surface area contributed by atoms with Crippen LogP contribution in [0.1, 0.15) is 19.4 Å². The Hall–Kier alpha value is -3.08. The van der Waals surface area contributed by atoms with Crippen molar-refractivity contribution in [3.05, 3.63) is 133 Å². The Morgan fingerprint density at radius 1 is 0.592 bits per heavy atom. The molecule has 1 radical (unpaired) electrons. The summed E-state index contributed by atoms with van der Waals surface area (Å²) in [6, 6.07) is 43.4. The molecule has 0 aliphatic rings. The van der Waals surface area contributed by atoms with Gasteiger partial charge in [-0.1, -0.05) is 12.1 Å². The Bertz CT molecular complexity index is 2140. The summed E-state index contributed by atoms with van der Waals surface area (Å²) in [4.78, 5) is 9.21. The molecule has 0 bridgehead atoms. The van der Waals surface area contributed by atoms with Crippen molar-refractivity contribution in [2.24, 2.45) is 5.92 Å². The summed E-state index contributed by atoms with van der Waals surface area (Å²) in [5, 5.41) is 7.93. The van der Waals surface area contributed by atoms with E-state index in [9.17, 15) is 0 Å². The minimum atomic E-state index is -2.01. The molecule has 0 unspecified atom stereocenters. The van der Waals surface area contributed by atoms with Gasteiger partial charge in [-0.3, -0.25) is 0 Å². The maximum absolute atomic E-state index is 4.99. The zero-order chi connectivity index (χ0) is 34.1. The molecule has 7 rings (SSSR count). The van der Waals surface area contributed by atoms with Gasteiger partial charge >= 0.3 is 223 Å². The largest absolute Gasteiger partial charge is 0.305 e. The first-order chi connectivity index (χ1) is 22.9. The second kappa shape index (κ2) is 15.4. The Kier molecular flexibility index (Phi) is 11.7. The number of aromatic nitrogens is 2. The molecule has 0 aliphatic carbocycles. The summed E-state index contributed by atoms with van der Waals surface area (Å²) in [5.74, 6) is 15.4. The second-order valence-electron chi connectivity index (χ2n) is 15.3. The first kappa shape index (κ1) is 37.2. The van der Waals surface area contributed by atoms with Crippen molar-refractivity contribution >= 4 is 67.6 Å². The minimum Gasteiger partial charge on any atom is -0.305 e. The molecule has 2 nitrogen and oxygen atoms in total. The van der Waals surface area contributed by atoms with Gasteiger partial charge in [0, 0.05) is 26.3 Å². The summed E-state index contributed by atoms with van der Waals surface area (Å²) in [7, 11) is 0. The second-order valence-corrected chi connectivity index (χ2v) is 36.5. The number of benzene rings is 5. The standard InChI is InChI=1S/C33H38Ge2N.C11H8N.Ir/c1-22(2)17-24-19-33(36-21-32(24)35(6,7)8)23-13-15-28-29-16-14-25(34(3,4)5)20-31(29)27-12-10-9-11-26(27)30(28)18-23;1-2-6-10(7-3-1)11-8-4-5-9-12-11;/h9-12,14-16,18-22H,17H2,1-8H3;1-6,8-9H;/q2*-1;. The Morgan fingerprint density at radius 2 is 1.27 bits per heavy atom. The third-order valence-electron chi connectivity index (χ3n) is 8.99. The topological polar surface area (TPSA) is 25.8 Å². The number of hydrogen-bond acceptors (Lipinski definition) is 2. The number of rotatable bonds is 6. The molecule has 0 atom stereocenters. The molecule has 49 heavy (non-hydrogen) atoms. The molecule has 0 N–H and O–H groups in total. The molecule has 2 heterocycles. The fourth-order valence-corrected chi connectivity index (χ4v) is 12.3. The average Bonchev–Trinajstić information content (AvgIpc) is 3.08. The molecule has 7 aromatic rings. The molecule has 0 aliphatic heterocycles. The third kappa shape index (κ3) is 8.45. The van der Waals surface area contributed by atoms with Crippen molar-refractivity contribution < 1.29 is 20.1 Å². The fourth-order valence-electron chi connectivity index (χ4n) is 6.51. The van der Waals surface area contributed by atoms with E-state index in [-0.39, 0.29) is 20.1 Å². The minimum absolute atomic E-state index is 0. The van der Waals surface area contributed by atoms with Gasteiger partial charge in [-0.2, -0.15) is 0 Å². The fraction of sp³-hybridized carbons (Fsp3) is 0.227. The zero-order valence-corrected chi connectivity index (χ0v) is 36.6. The molecule has 0 saturated heterocycles. The Balaban J connectivity index is 0.000000303. The van der Waals surface area contributed by atoms with Crippen molar-refractivity contribution in [1.82, 2.24) is 9.97 Å². The van der Waals surface area contributed by atoms with E-state index in [1.165, 1.54) is 42.3 Å². The SMILES string of the molecule is CC(C)Cc1cc(-c2[c-]cc3c4cc[c]([Ge]([CH3])([CH3])[CH3])cc4c4ccccc4c3c2)nc[c]1[Ge]([CH3])([CH3])[CH3].[Ir].[c-]1ccccc1-c1ccccn1. The Morgan fingerprint density at radius 3 is 1.88 bits per heavy atom. The van der Waals surface area contributed by atoms with Crippen LogP contribution in [0.2, 0.25) is 34.5 Å². The van der Waals surface area contributed by atoms with Crippen LogP contribution in [0.3, 0.4) is 0 Å². The third-order valence-corrected chi connectivity index (χ3v) is 17.6. The van der Waals surface area contributed by atoms with Gasteiger partial charge in [-0.15, -0.1) is 35.9 Å². The van der Waals surface area contributed by atoms with E-state index in [4.69, 9.17) is 4.98 Å². The predicted molar refractivity (Wildman–Crippen MR) is 214 cm³/mol. The summed E-state index contributed by atoms with van der Waals surface area (Å²) < 4.78 is 3.09. The van der Waals surface area contributed by atoms with Crippen molar-refractivity contribution in [2.45, 2.75) is 54.8 Å². The van der Waals surface area contributed by atoms with E-state index in [0.717, 1.165) is 28.9 Å².